The number of likely N-dealkylation sites (tertiary alicyclic amines) is 1. The number of carbonyl (C=O) groups excluding carboxylic acids is 2. The number of pyridine rings is 1. The van der Waals surface area contributed by atoms with Gasteiger partial charge in [0.15, 0.2) is 5.96 Å². The van der Waals surface area contributed by atoms with Crippen molar-refractivity contribution in [1.29, 1.82) is 0 Å². The van der Waals surface area contributed by atoms with Gasteiger partial charge in [-0.1, -0.05) is 18.2 Å². The molecule has 1 aliphatic heterocycles. The van der Waals surface area contributed by atoms with Crippen LogP contribution in [0.3, 0.4) is 0 Å². The average Bonchev–Trinajstić information content (AvgIpc) is 3.34. The summed E-state index contributed by atoms with van der Waals surface area (Å²) in [5.41, 5.74) is 1.90. The largest absolute Gasteiger partial charge is 0.355 e. The minimum atomic E-state index is -0.127. The van der Waals surface area contributed by atoms with Gasteiger partial charge in [0.2, 0.25) is 11.8 Å². The summed E-state index contributed by atoms with van der Waals surface area (Å²) in [6.45, 7) is 3.36. The number of guanidine groups is 1. The number of aliphatic imine (C=N–C) groups is 1. The van der Waals surface area contributed by atoms with Crippen LogP contribution in [0, 0.1) is 30.6 Å². The molecule has 0 spiro atoms. The predicted molar refractivity (Wildman–Crippen MR) is 117 cm³/mol. The molecule has 2 amide bonds. The summed E-state index contributed by atoms with van der Waals surface area (Å²) in [5, 5.41) is 6.38. The third kappa shape index (κ3) is 3.78. The number of fused-ring (bicyclic) bond motifs is 5. The molecule has 2 bridgehead atoms. The molecule has 1 aromatic heterocycles. The average molecular weight is 495 g/mol. The molecule has 8 heteroatoms. The number of halogens is 1. The van der Waals surface area contributed by atoms with Crippen molar-refractivity contribution >= 4 is 41.8 Å². The Morgan fingerprint density at radius 2 is 1.86 bits per heavy atom. The van der Waals surface area contributed by atoms with Gasteiger partial charge in [-0.15, -0.1) is 24.0 Å². The number of carbonyl (C=O) groups is 2. The fourth-order valence-electron chi connectivity index (χ4n) is 4.56. The van der Waals surface area contributed by atoms with Gasteiger partial charge in [0.05, 0.1) is 24.1 Å². The number of hydrogen-bond acceptors (Lipinski definition) is 4. The number of aryl methyl sites for hydroxylation is 1. The highest BCUT2D eigenvalue weighted by atomic mass is 127. The zero-order valence-electron chi connectivity index (χ0n) is 16.1. The number of rotatable bonds is 5. The van der Waals surface area contributed by atoms with E-state index in [2.05, 4.69) is 32.8 Å². The van der Waals surface area contributed by atoms with Gasteiger partial charge in [0, 0.05) is 25.8 Å². The van der Waals surface area contributed by atoms with Crippen molar-refractivity contribution in [1.82, 2.24) is 20.5 Å². The molecule has 1 aromatic rings. The third-order valence-corrected chi connectivity index (χ3v) is 5.80. The van der Waals surface area contributed by atoms with Crippen molar-refractivity contribution in [3.63, 3.8) is 0 Å². The van der Waals surface area contributed by atoms with E-state index < -0.39 is 0 Å². The van der Waals surface area contributed by atoms with Crippen molar-refractivity contribution in [2.75, 3.05) is 20.1 Å². The zero-order valence-corrected chi connectivity index (χ0v) is 18.4. The summed E-state index contributed by atoms with van der Waals surface area (Å²) in [6.07, 6.45) is 5.19. The van der Waals surface area contributed by atoms with Crippen molar-refractivity contribution in [2.45, 2.75) is 19.9 Å². The second-order valence-electron chi connectivity index (χ2n) is 7.45. The molecule has 2 aliphatic carbocycles. The first kappa shape index (κ1) is 20.8. The number of amides is 2. The molecule has 28 heavy (non-hydrogen) atoms. The number of hydrogen-bond donors (Lipinski definition) is 2. The van der Waals surface area contributed by atoms with E-state index in [1.807, 2.05) is 25.1 Å². The van der Waals surface area contributed by atoms with E-state index in [1.54, 1.807) is 7.05 Å². The normalized spacial score (nSPS) is 27.8. The smallest absolute Gasteiger partial charge is 0.233 e. The molecule has 2 heterocycles. The standard InChI is InChI=1S/C20H25N5O2.HI/c1-12-4-3-5-15(24-12)11-23-20(21-2)22-8-9-25-18(26)16-13-6-7-14(10-13)17(16)19(25)27;/h3-7,13-14,16-17H,8-11H2,1-2H3,(H2,21,22,23);1H. The lowest BCUT2D eigenvalue weighted by atomic mass is 9.85. The van der Waals surface area contributed by atoms with E-state index in [-0.39, 0.29) is 59.5 Å². The topological polar surface area (TPSA) is 86.7 Å². The van der Waals surface area contributed by atoms with Gasteiger partial charge in [0.1, 0.15) is 0 Å². The van der Waals surface area contributed by atoms with Gasteiger partial charge in [-0.05, 0) is 37.3 Å². The van der Waals surface area contributed by atoms with Crippen molar-refractivity contribution in [3.05, 3.63) is 41.7 Å². The van der Waals surface area contributed by atoms with Gasteiger partial charge in [-0.2, -0.15) is 0 Å². The lowest BCUT2D eigenvalue weighted by Crippen LogP contribution is -2.43. The quantitative estimate of drug-likeness (QED) is 0.213. The minimum Gasteiger partial charge on any atom is -0.355 e. The lowest BCUT2D eigenvalue weighted by Gasteiger charge is -2.18. The Labute approximate surface area is 182 Å². The highest BCUT2D eigenvalue weighted by molar-refractivity contribution is 14.0. The van der Waals surface area contributed by atoms with Crippen LogP contribution >= 0.6 is 24.0 Å². The van der Waals surface area contributed by atoms with Crippen LogP contribution in [0.15, 0.2) is 35.3 Å². The van der Waals surface area contributed by atoms with Gasteiger partial charge >= 0.3 is 0 Å². The van der Waals surface area contributed by atoms with E-state index in [9.17, 15) is 9.59 Å². The van der Waals surface area contributed by atoms with Crippen LogP contribution in [0.4, 0.5) is 0 Å². The van der Waals surface area contributed by atoms with Crippen LogP contribution < -0.4 is 10.6 Å². The van der Waals surface area contributed by atoms with Crippen LogP contribution in [0.25, 0.3) is 0 Å². The Kier molecular flexibility index (Phi) is 6.36. The molecule has 0 aromatic carbocycles. The molecular weight excluding hydrogens is 469 g/mol. The van der Waals surface area contributed by atoms with Crippen molar-refractivity contribution < 1.29 is 9.59 Å². The number of nitrogens with zero attached hydrogens (tertiary/aromatic N) is 3. The first-order valence-electron chi connectivity index (χ1n) is 9.49. The Morgan fingerprint density at radius 1 is 1.18 bits per heavy atom. The first-order valence-corrected chi connectivity index (χ1v) is 9.49. The SMILES string of the molecule is CN=C(NCCN1C(=O)C2C3C=CC(C3)C2C1=O)NCc1cccc(C)n1.I. The van der Waals surface area contributed by atoms with Crippen molar-refractivity contribution in [3.8, 4) is 0 Å². The summed E-state index contributed by atoms with van der Waals surface area (Å²) in [4.78, 5) is 35.4. The van der Waals surface area contributed by atoms with E-state index in [0.29, 0.717) is 25.6 Å². The Morgan fingerprint density at radius 3 is 2.46 bits per heavy atom. The van der Waals surface area contributed by atoms with Crippen LogP contribution in [-0.4, -0.2) is 47.8 Å². The number of allylic oxidation sites excluding steroid dienone is 2. The summed E-state index contributed by atoms with van der Waals surface area (Å²) >= 11 is 0. The van der Waals surface area contributed by atoms with Gasteiger partial charge in [-0.3, -0.25) is 24.5 Å². The molecular formula is C20H26IN5O2. The molecule has 0 radical (unpaired) electrons. The van der Waals surface area contributed by atoms with E-state index in [1.165, 1.54) is 4.90 Å². The van der Waals surface area contributed by atoms with Gasteiger partial charge < -0.3 is 10.6 Å². The number of imide groups is 1. The molecule has 150 valence electrons. The maximum atomic E-state index is 12.7. The maximum absolute atomic E-state index is 12.7. The molecule has 2 N–H and O–H groups in total. The summed E-state index contributed by atoms with van der Waals surface area (Å²) in [6, 6.07) is 5.88. The fraction of sp³-hybridized carbons (Fsp3) is 0.500. The molecule has 1 saturated heterocycles. The molecule has 3 aliphatic rings. The minimum absolute atomic E-state index is 0. The monoisotopic (exact) mass is 495 g/mol. The molecule has 4 unspecified atom stereocenters. The van der Waals surface area contributed by atoms with Gasteiger partial charge in [-0.25, -0.2) is 0 Å². The third-order valence-electron chi connectivity index (χ3n) is 5.80. The fourth-order valence-corrected chi connectivity index (χ4v) is 4.56. The van der Waals surface area contributed by atoms with E-state index >= 15 is 0 Å². The van der Waals surface area contributed by atoms with Crippen LogP contribution in [-0.2, 0) is 16.1 Å². The second-order valence-corrected chi connectivity index (χ2v) is 7.45. The van der Waals surface area contributed by atoms with E-state index in [0.717, 1.165) is 17.8 Å². The Bertz CT molecular complexity index is 795. The Balaban J connectivity index is 0.00000225. The Hall–Kier alpha value is -1.97. The summed E-state index contributed by atoms with van der Waals surface area (Å²) < 4.78 is 0. The molecule has 4 rings (SSSR count). The summed E-state index contributed by atoms with van der Waals surface area (Å²) in [7, 11) is 1.69. The predicted octanol–water partition coefficient (Wildman–Crippen LogP) is 1.48. The number of nitrogens with one attached hydrogen (secondary N) is 2. The highest BCUT2D eigenvalue weighted by Crippen LogP contribution is 2.52. The molecule has 2 fully saturated rings. The molecule has 7 nitrogen and oxygen atoms in total. The number of aromatic nitrogens is 1. The van der Waals surface area contributed by atoms with E-state index in [4.69, 9.17) is 0 Å². The first-order chi connectivity index (χ1) is 13.1. The lowest BCUT2D eigenvalue weighted by molar-refractivity contribution is -0.140. The van der Waals surface area contributed by atoms with Crippen LogP contribution in [0.2, 0.25) is 0 Å². The maximum Gasteiger partial charge on any atom is 0.233 e. The van der Waals surface area contributed by atoms with Crippen molar-refractivity contribution in [2.24, 2.45) is 28.7 Å². The molecule has 4 atom stereocenters. The molecule has 1 saturated carbocycles. The van der Waals surface area contributed by atoms with Gasteiger partial charge in [0.25, 0.3) is 0 Å². The highest BCUT2D eigenvalue weighted by Gasteiger charge is 2.58. The summed E-state index contributed by atoms with van der Waals surface area (Å²) in [5.74, 6) is 0.872. The van der Waals surface area contributed by atoms with Crippen LogP contribution in [0.5, 0.6) is 0 Å². The van der Waals surface area contributed by atoms with Crippen LogP contribution in [0.1, 0.15) is 17.8 Å². The zero-order chi connectivity index (χ0) is 19.0. The second kappa shape index (κ2) is 8.59.